The lowest BCUT2D eigenvalue weighted by Gasteiger charge is -2.32. The number of rotatable bonds is 4. The van der Waals surface area contributed by atoms with Crippen LogP contribution in [0, 0.1) is 5.92 Å². The van der Waals surface area contributed by atoms with Crippen molar-refractivity contribution in [1.29, 1.82) is 0 Å². The highest BCUT2D eigenvalue weighted by atomic mass is 16.4. The first-order valence-electron chi connectivity index (χ1n) is 7.48. The number of hydrogen-bond donors (Lipinski definition) is 2. The first-order valence-corrected chi connectivity index (χ1v) is 7.48. The second kappa shape index (κ2) is 5.79. The predicted molar refractivity (Wildman–Crippen MR) is 79.6 cm³/mol. The highest BCUT2D eigenvalue weighted by molar-refractivity contribution is 5.97. The van der Waals surface area contributed by atoms with Crippen molar-refractivity contribution >= 4 is 23.5 Å². The summed E-state index contributed by atoms with van der Waals surface area (Å²) in [6, 6.07) is 6.89. The average molecular weight is 302 g/mol. The maximum Gasteiger partial charge on any atom is 0.306 e. The monoisotopic (exact) mass is 302 g/mol. The number of hydrogen-bond acceptors (Lipinski definition) is 3. The Morgan fingerprint density at radius 2 is 1.86 bits per heavy atom. The maximum atomic E-state index is 12.1. The van der Waals surface area contributed by atoms with Crippen LogP contribution in [0.5, 0.6) is 0 Å². The number of nitrogens with one attached hydrogen (secondary N) is 1. The van der Waals surface area contributed by atoms with Gasteiger partial charge in [-0.2, -0.15) is 0 Å². The van der Waals surface area contributed by atoms with Gasteiger partial charge in [-0.25, -0.2) is 0 Å². The van der Waals surface area contributed by atoms with Crippen LogP contribution in [0.1, 0.15) is 36.0 Å². The summed E-state index contributed by atoms with van der Waals surface area (Å²) < 4.78 is 0. The molecule has 1 saturated carbocycles. The zero-order valence-corrected chi connectivity index (χ0v) is 12.1. The van der Waals surface area contributed by atoms with Crippen molar-refractivity contribution in [3.8, 4) is 0 Å². The van der Waals surface area contributed by atoms with Gasteiger partial charge in [-0.3, -0.25) is 14.4 Å². The van der Waals surface area contributed by atoms with E-state index in [1.54, 1.807) is 29.2 Å². The normalized spacial score (nSPS) is 24.0. The minimum Gasteiger partial charge on any atom is -0.481 e. The third-order valence-electron chi connectivity index (χ3n) is 4.34. The Labute approximate surface area is 128 Å². The second-order valence-electron chi connectivity index (χ2n) is 5.87. The summed E-state index contributed by atoms with van der Waals surface area (Å²) in [5, 5.41) is 11.6. The molecule has 0 atom stereocenters. The van der Waals surface area contributed by atoms with Crippen molar-refractivity contribution in [3.05, 3.63) is 29.8 Å². The van der Waals surface area contributed by atoms with Crippen LogP contribution >= 0.6 is 0 Å². The van der Waals surface area contributed by atoms with E-state index in [2.05, 4.69) is 5.32 Å². The van der Waals surface area contributed by atoms with Crippen LogP contribution in [0.4, 0.5) is 5.69 Å². The molecule has 6 nitrogen and oxygen atoms in total. The molecular weight excluding hydrogens is 284 g/mol. The van der Waals surface area contributed by atoms with E-state index in [-0.39, 0.29) is 23.8 Å². The van der Waals surface area contributed by atoms with Crippen LogP contribution in [-0.2, 0) is 9.59 Å². The number of benzene rings is 1. The van der Waals surface area contributed by atoms with Crippen LogP contribution in [0.25, 0.3) is 0 Å². The van der Waals surface area contributed by atoms with Crippen molar-refractivity contribution in [2.45, 2.75) is 31.7 Å². The van der Waals surface area contributed by atoms with Gasteiger partial charge >= 0.3 is 5.97 Å². The van der Waals surface area contributed by atoms with Crippen LogP contribution < -0.4 is 10.2 Å². The first kappa shape index (κ1) is 14.6. The zero-order valence-electron chi connectivity index (χ0n) is 12.1. The van der Waals surface area contributed by atoms with Crippen molar-refractivity contribution in [2.75, 3.05) is 11.4 Å². The Kier molecular flexibility index (Phi) is 3.83. The highest BCUT2D eigenvalue weighted by Gasteiger charge is 2.35. The molecule has 2 fully saturated rings. The highest BCUT2D eigenvalue weighted by Crippen LogP contribution is 2.28. The van der Waals surface area contributed by atoms with Crippen LogP contribution in [0.3, 0.4) is 0 Å². The maximum absolute atomic E-state index is 12.1. The average Bonchev–Trinajstić information content (AvgIpc) is 2.88. The standard InChI is InChI=1S/C16H18N2O4/c19-14-2-1-7-18(14)13-5-3-10(4-6-13)15(20)17-12-8-11(9-12)16(21)22/h3-6,11-12H,1-2,7-9H2,(H,17,20)(H,21,22). The number of nitrogens with zero attached hydrogens (tertiary/aromatic N) is 1. The molecule has 3 rings (SSSR count). The summed E-state index contributed by atoms with van der Waals surface area (Å²) in [5.41, 5.74) is 1.34. The molecule has 2 aliphatic rings. The van der Waals surface area contributed by atoms with E-state index < -0.39 is 5.97 Å². The molecule has 2 amide bonds. The summed E-state index contributed by atoms with van der Waals surface area (Å²) in [5.74, 6) is -1.22. The molecule has 1 heterocycles. The van der Waals surface area contributed by atoms with Gasteiger partial charge < -0.3 is 15.3 Å². The molecule has 1 aliphatic heterocycles. The Morgan fingerprint density at radius 1 is 1.18 bits per heavy atom. The fraction of sp³-hybridized carbons (Fsp3) is 0.438. The molecule has 0 radical (unpaired) electrons. The van der Waals surface area contributed by atoms with Gasteiger partial charge in [0.1, 0.15) is 0 Å². The lowest BCUT2D eigenvalue weighted by atomic mass is 9.80. The number of carbonyl (C=O) groups is 3. The molecule has 1 aliphatic carbocycles. The molecular formula is C16H18N2O4. The van der Waals surface area contributed by atoms with Crippen molar-refractivity contribution < 1.29 is 19.5 Å². The molecule has 1 aromatic rings. The molecule has 22 heavy (non-hydrogen) atoms. The molecule has 2 N–H and O–H groups in total. The lowest BCUT2D eigenvalue weighted by molar-refractivity contribution is -0.145. The number of aliphatic carboxylic acids is 1. The van der Waals surface area contributed by atoms with Gasteiger partial charge in [0.2, 0.25) is 5.91 Å². The third-order valence-corrected chi connectivity index (χ3v) is 4.34. The summed E-state index contributed by atoms with van der Waals surface area (Å²) in [4.78, 5) is 36.2. The summed E-state index contributed by atoms with van der Waals surface area (Å²) >= 11 is 0. The zero-order chi connectivity index (χ0) is 15.7. The van der Waals surface area contributed by atoms with Crippen molar-refractivity contribution in [3.63, 3.8) is 0 Å². The van der Waals surface area contributed by atoms with E-state index in [0.717, 1.165) is 18.7 Å². The first-order chi connectivity index (χ1) is 10.5. The predicted octanol–water partition coefficient (Wildman–Crippen LogP) is 1.41. The second-order valence-corrected chi connectivity index (χ2v) is 5.87. The fourth-order valence-electron chi connectivity index (χ4n) is 2.92. The number of carboxylic acids is 1. The fourth-order valence-corrected chi connectivity index (χ4v) is 2.92. The quantitative estimate of drug-likeness (QED) is 0.880. The van der Waals surface area contributed by atoms with E-state index in [0.29, 0.717) is 24.8 Å². The largest absolute Gasteiger partial charge is 0.481 e. The van der Waals surface area contributed by atoms with E-state index in [1.165, 1.54) is 0 Å². The van der Waals surface area contributed by atoms with Crippen molar-refractivity contribution in [2.24, 2.45) is 5.92 Å². The Bertz CT molecular complexity index is 605. The topological polar surface area (TPSA) is 86.7 Å². The Morgan fingerprint density at radius 3 is 2.41 bits per heavy atom. The number of carbonyl (C=O) groups excluding carboxylic acids is 2. The lowest BCUT2D eigenvalue weighted by Crippen LogP contribution is -2.46. The van der Waals surface area contributed by atoms with Gasteiger partial charge in [0.05, 0.1) is 5.92 Å². The summed E-state index contributed by atoms with van der Waals surface area (Å²) in [6.07, 6.45) is 2.42. The van der Waals surface area contributed by atoms with Gasteiger partial charge in [0, 0.05) is 30.3 Å². The minimum atomic E-state index is -0.801. The SMILES string of the molecule is O=C(NC1CC(C(=O)O)C1)c1ccc(N2CCCC2=O)cc1. The van der Waals surface area contributed by atoms with E-state index in [4.69, 9.17) is 5.11 Å². The molecule has 0 unspecified atom stereocenters. The molecule has 1 saturated heterocycles. The van der Waals surface area contributed by atoms with Gasteiger partial charge in [-0.1, -0.05) is 0 Å². The van der Waals surface area contributed by atoms with Crippen LogP contribution in [0.15, 0.2) is 24.3 Å². The molecule has 1 aromatic carbocycles. The van der Waals surface area contributed by atoms with Crippen LogP contribution in [0.2, 0.25) is 0 Å². The number of anilines is 1. The van der Waals surface area contributed by atoms with Gasteiger partial charge in [0.15, 0.2) is 0 Å². The van der Waals surface area contributed by atoms with E-state index >= 15 is 0 Å². The van der Waals surface area contributed by atoms with Gasteiger partial charge in [-0.15, -0.1) is 0 Å². The molecule has 0 spiro atoms. The van der Waals surface area contributed by atoms with Gasteiger partial charge in [0.25, 0.3) is 5.91 Å². The Hall–Kier alpha value is -2.37. The molecule has 6 heteroatoms. The molecule has 116 valence electrons. The van der Waals surface area contributed by atoms with Crippen LogP contribution in [-0.4, -0.2) is 35.5 Å². The molecule has 0 bridgehead atoms. The number of carboxylic acid groups (broad SMARTS) is 1. The minimum absolute atomic E-state index is 0.0616. The number of amides is 2. The summed E-state index contributed by atoms with van der Waals surface area (Å²) in [6.45, 7) is 0.725. The van der Waals surface area contributed by atoms with Gasteiger partial charge in [-0.05, 0) is 43.5 Å². The third kappa shape index (κ3) is 2.81. The van der Waals surface area contributed by atoms with E-state index in [1.807, 2.05) is 0 Å². The Balaban J connectivity index is 1.57. The van der Waals surface area contributed by atoms with Crippen molar-refractivity contribution in [1.82, 2.24) is 5.32 Å². The molecule has 0 aromatic heterocycles. The summed E-state index contributed by atoms with van der Waals surface area (Å²) in [7, 11) is 0. The van der Waals surface area contributed by atoms with E-state index in [9.17, 15) is 14.4 Å². The smallest absolute Gasteiger partial charge is 0.306 e.